The Hall–Kier alpha value is -0.0400. The van der Waals surface area contributed by atoms with Gasteiger partial charge in [-0.3, -0.25) is 0 Å². The summed E-state index contributed by atoms with van der Waals surface area (Å²) in [5, 5.41) is 3.64. The minimum absolute atomic E-state index is 0.858. The molecule has 1 aliphatic carbocycles. The number of rotatable bonds is 2. The fourth-order valence-corrected chi connectivity index (χ4v) is 2.14. The van der Waals surface area contributed by atoms with Crippen LogP contribution in [-0.4, -0.2) is 12.6 Å². The number of hydrogen-bond donors (Lipinski definition) is 1. The van der Waals surface area contributed by atoms with Gasteiger partial charge in [0.1, 0.15) is 0 Å². The van der Waals surface area contributed by atoms with Crippen LogP contribution >= 0.6 is 0 Å². The smallest absolute Gasteiger partial charge is 0.00953 e. The first-order valence-electron chi connectivity index (χ1n) is 5.09. The number of nitrogens with one attached hydrogen (secondary N) is 1. The van der Waals surface area contributed by atoms with Crippen LogP contribution in [0.2, 0.25) is 0 Å². The topological polar surface area (TPSA) is 12.0 Å². The second-order valence-electron chi connectivity index (χ2n) is 4.36. The molecule has 1 saturated heterocycles. The summed E-state index contributed by atoms with van der Waals surface area (Å²) in [5.41, 5.74) is 0. The van der Waals surface area contributed by atoms with Crippen molar-refractivity contribution in [2.75, 3.05) is 6.54 Å². The molecule has 2 fully saturated rings. The summed E-state index contributed by atoms with van der Waals surface area (Å²) in [7, 11) is 0. The molecule has 0 aromatic heterocycles. The van der Waals surface area contributed by atoms with Crippen LogP contribution in [0.25, 0.3) is 0 Å². The second-order valence-corrected chi connectivity index (χ2v) is 4.36. The Balaban J connectivity index is 1.78. The minimum Gasteiger partial charge on any atom is -0.314 e. The first kappa shape index (κ1) is 7.60. The highest BCUT2D eigenvalue weighted by Gasteiger charge is 2.29. The molecule has 0 spiro atoms. The zero-order chi connectivity index (χ0) is 7.68. The van der Waals surface area contributed by atoms with Crippen LogP contribution in [-0.2, 0) is 0 Å². The van der Waals surface area contributed by atoms with E-state index < -0.39 is 0 Å². The second kappa shape index (κ2) is 3.14. The predicted octanol–water partition coefficient (Wildman–Crippen LogP) is 2.17. The van der Waals surface area contributed by atoms with Gasteiger partial charge in [-0.2, -0.15) is 0 Å². The molecule has 1 N–H and O–H groups in total. The fraction of sp³-hybridized carbons (Fsp3) is 1.00. The summed E-state index contributed by atoms with van der Waals surface area (Å²) in [5.74, 6) is 2.03. The largest absolute Gasteiger partial charge is 0.314 e. The van der Waals surface area contributed by atoms with Gasteiger partial charge in [-0.15, -0.1) is 0 Å². The van der Waals surface area contributed by atoms with Crippen molar-refractivity contribution in [3.05, 3.63) is 0 Å². The molecule has 2 rings (SSSR count). The van der Waals surface area contributed by atoms with E-state index in [0.29, 0.717) is 0 Å². The van der Waals surface area contributed by atoms with Crippen LogP contribution < -0.4 is 5.32 Å². The van der Waals surface area contributed by atoms with Gasteiger partial charge in [0.25, 0.3) is 0 Å². The van der Waals surface area contributed by atoms with E-state index in [4.69, 9.17) is 0 Å². The van der Waals surface area contributed by atoms with Gasteiger partial charge in [0, 0.05) is 6.04 Å². The van der Waals surface area contributed by atoms with Crippen molar-refractivity contribution in [2.45, 2.75) is 45.1 Å². The van der Waals surface area contributed by atoms with E-state index in [-0.39, 0.29) is 0 Å². The minimum atomic E-state index is 0.858. The summed E-state index contributed by atoms with van der Waals surface area (Å²) in [6.45, 7) is 3.67. The number of piperidine rings is 1. The average molecular weight is 153 g/mol. The summed E-state index contributed by atoms with van der Waals surface area (Å²) >= 11 is 0. The van der Waals surface area contributed by atoms with Gasteiger partial charge in [-0.05, 0) is 37.6 Å². The molecule has 2 unspecified atom stereocenters. The summed E-state index contributed by atoms with van der Waals surface area (Å²) < 4.78 is 0. The molecule has 1 aliphatic heterocycles. The van der Waals surface area contributed by atoms with E-state index in [2.05, 4.69) is 12.2 Å². The Labute approximate surface area is 69.6 Å². The maximum Gasteiger partial charge on any atom is 0.00953 e. The lowest BCUT2D eigenvalue weighted by Crippen LogP contribution is -2.40. The predicted molar refractivity (Wildman–Crippen MR) is 47.5 cm³/mol. The normalized spacial score (nSPS) is 39.0. The lowest BCUT2D eigenvalue weighted by molar-refractivity contribution is 0.277. The molecule has 2 aliphatic rings. The van der Waals surface area contributed by atoms with Gasteiger partial charge in [0.05, 0.1) is 0 Å². The van der Waals surface area contributed by atoms with E-state index in [1.54, 1.807) is 0 Å². The monoisotopic (exact) mass is 153 g/mol. The van der Waals surface area contributed by atoms with E-state index in [1.165, 1.54) is 38.6 Å². The van der Waals surface area contributed by atoms with Crippen LogP contribution in [0, 0.1) is 11.8 Å². The highest BCUT2D eigenvalue weighted by Crippen LogP contribution is 2.36. The molecule has 1 saturated carbocycles. The maximum absolute atomic E-state index is 3.64. The Morgan fingerprint density at radius 1 is 1.27 bits per heavy atom. The summed E-state index contributed by atoms with van der Waals surface area (Å²) in [6.07, 6.45) is 7.31. The third kappa shape index (κ3) is 1.96. The zero-order valence-corrected chi connectivity index (χ0v) is 7.47. The summed E-state index contributed by atoms with van der Waals surface area (Å²) in [4.78, 5) is 0. The van der Waals surface area contributed by atoms with Crippen molar-refractivity contribution in [3.63, 3.8) is 0 Å². The van der Waals surface area contributed by atoms with Crippen molar-refractivity contribution in [3.8, 4) is 0 Å². The molecule has 0 bridgehead atoms. The Bertz CT molecular complexity index is 129. The first-order chi connectivity index (χ1) is 5.36. The van der Waals surface area contributed by atoms with Crippen molar-refractivity contribution in [1.29, 1.82) is 0 Å². The zero-order valence-electron chi connectivity index (χ0n) is 7.47. The quantitative estimate of drug-likeness (QED) is 0.641. The van der Waals surface area contributed by atoms with E-state index in [1.807, 2.05) is 0 Å². The van der Waals surface area contributed by atoms with Crippen LogP contribution in [0.5, 0.6) is 0 Å². The van der Waals surface area contributed by atoms with Crippen LogP contribution in [0.4, 0.5) is 0 Å². The molecule has 11 heavy (non-hydrogen) atoms. The highest BCUT2D eigenvalue weighted by molar-refractivity contribution is 4.85. The van der Waals surface area contributed by atoms with Gasteiger partial charge in [0.15, 0.2) is 0 Å². The Morgan fingerprint density at radius 3 is 2.73 bits per heavy atom. The van der Waals surface area contributed by atoms with Gasteiger partial charge in [0.2, 0.25) is 0 Å². The molecule has 2 atom stereocenters. The maximum atomic E-state index is 3.64. The van der Waals surface area contributed by atoms with Crippen molar-refractivity contribution in [2.24, 2.45) is 11.8 Å². The van der Waals surface area contributed by atoms with Gasteiger partial charge in [-0.25, -0.2) is 0 Å². The standard InChI is InChI=1S/C10H19N/c1-8-3-2-6-11-10(8)7-9-4-5-9/h8-11H,2-7H2,1H3. The van der Waals surface area contributed by atoms with Crippen LogP contribution in [0.1, 0.15) is 39.0 Å². The van der Waals surface area contributed by atoms with Gasteiger partial charge < -0.3 is 5.32 Å². The van der Waals surface area contributed by atoms with E-state index >= 15 is 0 Å². The molecule has 1 heteroatoms. The van der Waals surface area contributed by atoms with Crippen molar-refractivity contribution in [1.82, 2.24) is 5.32 Å². The molecule has 0 aromatic carbocycles. The average Bonchev–Trinajstić information content (AvgIpc) is 2.78. The lowest BCUT2D eigenvalue weighted by atomic mass is 9.89. The van der Waals surface area contributed by atoms with Gasteiger partial charge >= 0.3 is 0 Å². The summed E-state index contributed by atoms with van der Waals surface area (Å²) in [6, 6.07) is 0.858. The molecule has 0 aromatic rings. The molecule has 1 nitrogen and oxygen atoms in total. The molecule has 0 radical (unpaired) electrons. The third-order valence-corrected chi connectivity index (χ3v) is 3.21. The lowest BCUT2D eigenvalue weighted by Gasteiger charge is -2.30. The SMILES string of the molecule is CC1CCCNC1CC1CC1. The Morgan fingerprint density at radius 2 is 2.09 bits per heavy atom. The molecule has 1 heterocycles. The van der Waals surface area contributed by atoms with E-state index in [9.17, 15) is 0 Å². The van der Waals surface area contributed by atoms with Gasteiger partial charge in [-0.1, -0.05) is 19.8 Å². The van der Waals surface area contributed by atoms with Crippen molar-refractivity contribution >= 4 is 0 Å². The third-order valence-electron chi connectivity index (χ3n) is 3.21. The first-order valence-corrected chi connectivity index (χ1v) is 5.09. The van der Waals surface area contributed by atoms with Crippen molar-refractivity contribution < 1.29 is 0 Å². The van der Waals surface area contributed by atoms with Crippen LogP contribution in [0.3, 0.4) is 0 Å². The fourth-order valence-electron chi connectivity index (χ4n) is 2.14. The molecule has 0 amide bonds. The highest BCUT2D eigenvalue weighted by atomic mass is 14.9. The molecular weight excluding hydrogens is 134 g/mol. The number of hydrogen-bond acceptors (Lipinski definition) is 1. The van der Waals surface area contributed by atoms with E-state index in [0.717, 1.165) is 17.9 Å². The molecular formula is C10H19N. The Kier molecular flexibility index (Phi) is 2.17. The molecule has 64 valence electrons. The van der Waals surface area contributed by atoms with Crippen LogP contribution in [0.15, 0.2) is 0 Å².